The molecule has 0 heterocycles. The van der Waals surface area contributed by atoms with E-state index < -0.39 is 17.5 Å². The van der Waals surface area contributed by atoms with Gasteiger partial charge >= 0.3 is 5.97 Å². The number of aliphatic hydroxyl groups excluding tert-OH is 1. The summed E-state index contributed by atoms with van der Waals surface area (Å²) in [5.41, 5.74) is -0.277. The minimum absolute atomic E-state index is 0.0765. The number of ketones is 1. The Labute approximate surface area is 195 Å². The van der Waals surface area contributed by atoms with Gasteiger partial charge in [0.2, 0.25) is 0 Å². The summed E-state index contributed by atoms with van der Waals surface area (Å²) >= 11 is 0. The number of carbonyl (C=O) groups is 2. The Bertz CT molecular complexity index is 672. The van der Waals surface area contributed by atoms with E-state index in [0.717, 1.165) is 37.0 Å². The van der Waals surface area contributed by atoms with E-state index in [1.54, 1.807) is 0 Å². The standard InChI is InChI=1S/C28H48O4/c1-18(2)7-6-8-19(3)20-9-10-23-22(16-26(31)32)24(12-13-27(23,4)17-20)28(5)14-11-21(29)15-25(28)30/h18-24,29H,6-17H2,1-5H3,(H,31,32)/t19-,20-,21+,22+,23-,24-,27-,28+/m1/s1. The Morgan fingerprint density at radius 3 is 2.38 bits per heavy atom. The second-order valence-corrected chi connectivity index (χ2v) is 12.7. The summed E-state index contributed by atoms with van der Waals surface area (Å²) in [6.07, 6.45) is 10.8. The van der Waals surface area contributed by atoms with Gasteiger partial charge in [-0.1, -0.05) is 53.9 Å². The molecule has 0 unspecified atom stereocenters. The van der Waals surface area contributed by atoms with Gasteiger partial charge in [0.1, 0.15) is 5.78 Å². The van der Waals surface area contributed by atoms with Gasteiger partial charge in [-0.15, -0.1) is 0 Å². The third kappa shape index (κ3) is 5.42. The molecule has 0 aromatic heterocycles. The number of hydrogen-bond acceptors (Lipinski definition) is 3. The highest BCUT2D eigenvalue weighted by Crippen LogP contribution is 2.61. The minimum Gasteiger partial charge on any atom is -0.481 e. The first-order chi connectivity index (χ1) is 15.0. The molecule has 0 amide bonds. The molecule has 3 saturated carbocycles. The zero-order chi connectivity index (χ0) is 23.7. The second kappa shape index (κ2) is 10.2. The van der Waals surface area contributed by atoms with Gasteiger partial charge < -0.3 is 10.2 Å². The lowest BCUT2D eigenvalue weighted by molar-refractivity contribution is -0.155. The highest BCUT2D eigenvalue weighted by molar-refractivity contribution is 5.86. The number of rotatable bonds is 8. The highest BCUT2D eigenvalue weighted by atomic mass is 16.4. The van der Waals surface area contributed by atoms with Gasteiger partial charge in [0.15, 0.2) is 0 Å². The summed E-state index contributed by atoms with van der Waals surface area (Å²) in [7, 11) is 0. The van der Waals surface area contributed by atoms with E-state index >= 15 is 0 Å². The number of carboxylic acid groups (broad SMARTS) is 1. The van der Waals surface area contributed by atoms with E-state index in [1.807, 2.05) is 0 Å². The lowest BCUT2D eigenvalue weighted by Crippen LogP contribution is -2.53. The van der Waals surface area contributed by atoms with Crippen LogP contribution in [0.1, 0.15) is 112 Å². The van der Waals surface area contributed by atoms with Gasteiger partial charge in [-0.3, -0.25) is 9.59 Å². The average molecular weight is 449 g/mol. The van der Waals surface area contributed by atoms with Gasteiger partial charge in [-0.25, -0.2) is 0 Å². The number of Topliss-reactive ketones (excluding diaryl/α,β-unsaturated/α-hetero) is 1. The zero-order valence-corrected chi connectivity index (χ0v) is 21.2. The molecule has 32 heavy (non-hydrogen) atoms. The molecule has 0 saturated heterocycles. The molecule has 0 aromatic rings. The van der Waals surface area contributed by atoms with E-state index in [-0.39, 0.29) is 35.9 Å². The molecule has 4 nitrogen and oxygen atoms in total. The molecule has 0 aromatic carbocycles. The molecule has 0 radical (unpaired) electrons. The fourth-order valence-corrected chi connectivity index (χ4v) is 7.99. The number of aliphatic hydroxyl groups is 1. The van der Waals surface area contributed by atoms with E-state index in [9.17, 15) is 19.8 Å². The van der Waals surface area contributed by atoms with Crippen LogP contribution >= 0.6 is 0 Å². The topological polar surface area (TPSA) is 74.6 Å². The lowest BCUT2D eigenvalue weighted by Gasteiger charge is -2.58. The Balaban J connectivity index is 1.75. The van der Waals surface area contributed by atoms with Gasteiger partial charge in [0.05, 0.1) is 6.10 Å². The van der Waals surface area contributed by atoms with Crippen LogP contribution in [0.3, 0.4) is 0 Å². The molecule has 184 valence electrons. The second-order valence-electron chi connectivity index (χ2n) is 12.7. The van der Waals surface area contributed by atoms with Crippen molar-refractivity contribution in [1.82, 2.24) is 0 Å². The molecular formula is C28H48O4. The molecule has 3 fully saturated rings. The quantitative estimate of drug-likeness (QED) is 0.445. The molecule has 3 aliphatic carbocycles. The summed E-state index contributed by atoms with van der Waals surface area (Å²) in [4.78, 5) is 25.0. The van der Waals surface area contributed by atoms with Gasteiger partial charge in [0, 0.05) is 18.3 Å². The molecule has 3 rings (SSSR count). The molecular weight excluding hydrogens is 400 g/mol. The van der Waals surface area contributed by atoms with Crippen LogP contribution in [0.5, 0.6) is 0 Å². The summed E-state index contributed by atoms with van der Waals surface area (Å²) in [5, 5.41) is 19.8. The molecule has 0 aliphatic heterocycles. The maximum Gasteiger partial charge on any atom is 0.303 e. The fourth-order valence-electron chi connectivity index (χ4n) is 7.99. The van der Waals surface area contributed by atoms with Crippen molar-refractivity contribution in [2.45, 2.75) is 118 Å². The zero-order valence-electron chi connectivity index (χ0n) is 21.2. The Hall–Kier alpha value is -0.900. The molecule has 0 spiro atoms. The molecule has 4 heteroatoms. The lowest BCUT2D eigenvalue weighted by atomic mass is 9.46. The SMILES string of the molecule is CC(C)CCC[C@@H](C)[C@@H]1CC[C@@H]2[C@H](CC(=O)O)[C@H]([C@]3(C)CC[C@H](O)CC3=O)CC[C@]2(C)C1. The Kier molecular flexibility index (Phi) is 8.16. The molecule has 0 bridgehead atoms. The molecule has 3 aliphatic rings. The van der Waals surface area contributed by atoms with E-state index in [1.165, 1.54) is 32.1 Å². The number of aliphatic carboxylic acids is 1. The van der Waals surface area contributed by atoms with Crippen LogP contribution in [-0.4, -0.2) is 28.1 Å². The monoisotopic (exact) mass is 448 g/mol. The van der Waals surface area contributed by atoms with Gasteiger partial charge in [0.25, 0.3) is 0 Å². The van der Waals surface area contributed by atoms with Crippen LogP contribution in [0, 0.1) is 46.3 Å². The van der Waals surface area contributed by atoms with E-state index in [4.69, 9.17) is 0 Å². The highest BCUT2D eigenvalue weighted by Gasteiger charge is 2.56. The predicted octanol–water partition coefficient (Wildman–Crippen LogP) is 6.49. The predicted molar refractivity (Wildman–Crippen MR) is 128 cm³/mol. The number of carboxylic acids is 1. The third-order valence-corrected chi connectivity index (χ3v) is 10.1. The smallest absolute Gasteiger partial charge is 0.303 e. The van der Waals surface area contributed by atoms with Crippen LogP contribution in [0.4, 0.5) is 0 Å². The normalized spacial score (nSPS) is 41.3. The third-order valence-electron chi connectivity index (χ3n) is 10.1. The van der Waals surface area contributed by atoms with Crippen LogP contribution in [0.25, 0.3) is 0 Å². The first-order valence-electron chi connectivity index (χ1n) is 13.4. The summed E-state index contributed by atoms with van der Waals surface area (Å²) in [6, 6.07) is 0. The van der Waals surface area contributed by atoms with Crippen molar-refractivity contribution >= 4 is 11.8 Å². The Morgan fingerprint density at radius 2 is 1.75 bits per heavy atom. The van der Waals surface area contributed by atoms with Crippen molar-refractivity contribution in [3.8, 4) is 0 Å². The van der Waals surface area contributed by atoms with Crippen molar-refractivity contribution < 1.29 is 19.8 Å². The first kappa shape index (κ1) is 25.7. The first-order valence-corrected chi connectivity index (χ1v) is 13.4. The van der Waals surface area contributed by atoms with Crippen LogP contribution in [-0.2, 0) is 9.59 Å². The minimum atomic E-state index is -0.722. The van der Waals surface area contributed by atoms with Crippen LogP contribution in [0.2, 0.25) is 0 Å². The van der Waals surface area contributed by atoms with E-state index in [0.29, 0.717) is 18.8 Å². The molecule has 2 N–H and O–H groups in total. The van der Waals surface area contributed by atoms with Crippen molar-refractivity contribution in [2.75, 3.05) is 0 Å². The Morgan fingerprint density at radius 1 is 1.03 bits per heavy atom. The maximum absolute atomic E-state index is 13.1. The van der Waals surface area contributed by atoms with Crippen molar-refractivity contribution in [1.29, 1.82) is 0 Å². The van der Waals surface area contributed by atoms with Crippen LogP contribution in [0.15, 0.2) is 0 Å². The van der Waals surface area contributed by atoms with Gasteiger partial charge in [-0.2, -0.15) is 0 Å². The van der Waals surface area contributed by atoms with E-state index in [2.05, 4.69) is 34.6 Å². The average Bonchev–Trinajstić information content (AvgIpc) is 2.69. The van der Waals surface area contributed by atoms with Crippen molar-refractivity contribution in [2.24, 2.45) is 46.3 Å². The fraction of sp³-hybridized carbons (Fsp3) is 0.929. The van der Waals surface area contributed by atoms with Gasteiger partial charge in [-0.05, 0) is 85.9 Å². The largest absolute Gasteiger partial charge is 0.481 e. The summed E-state index contributed by atoms with van der Waals surface area (Å²) in [5.74, 6) is 2.30. The van der Waals surface area contributed by atoms with Crippen molar-refractivity contribution in [3.05, 3.63) is 0 Å². The number of carbonyl (C=O) groups excluding carboxylic acids is 1. The van der Waals surface area contributed by atoms with Crippen molar-refractivity contribution in [3.63, 3.8) is 0 Å². The maximum atomic E-state index is 13.1. The van der Waals surface area contributed by atoms with Crippen LogP contribution < -0.4 is 0 Å². The number of fused-ring (bicyclic) bond motifs is 1. The summed E-state index contributed by atoms with van der Waals surface area (Å²) < 4.78 is 0. The number of hydrogen-bond donors (Lipinski definition) is 2. The molecule has 8 atom stereocenters. The summed E-state index contributed by atoms with van der Waals surface area (Å²) in [6.45, 7) is 11.5.